The molecule has 2 aromatic rings. The van der Waals surface area contributed by atoms with Crippen molar-refractivity contribution in [3.8, 4) is 6.07 Å². The Hall–Kier alpha value is -3.05. The Morgan fingerprint density at radius 3 is 2.64 bits per heavy atom. The lowest BCUT2D eigenvalue weighted by Gasteiger charge is -2.25. The summed E-state index contributed by atoms with van der Waals surface area (Å²) >= 11 is 1.34. The summed E-state index contributed by atoms with van der Waals surface area (Å²) in [6.45, 7) is 2.98. The molecule has 8 heteroatoms. The first kappa shape index (κ1) is 19.7. The summed E-state index contributed by atoms with van der Waals surface area (Å²) < 4.78 is 5.06. The maximum Gasteiger partial charge on any atom is 0.410 e. The lowest BCUT2D eigenvalue weighted by Crippen LogP contribution is -2.35. The quantitative estimate of drug-likeness (QED) is 0.852. The van der Waals surface area contributed by atoms with Crippen LogP contribution in [-0.4, -0.2) is 44.1 Å². The van der Waals surface area contributed by atoms with Gasteiger partial charge in [-0.2, -0.15) is 5.26 Å². The van der Waals surface area contributed by atoms with E-state index < -0.39 is 0 Å². The molecule has 28 heavy (non-hydrogen) atoms. The molecule has 3 rings (SSSR count). The van der Waals surface area contributed by atoms with Crippen molar-refractivity contribution in [2.24, 2.45) is 0 Å². The number of nitriles is 1. The third-order valence-electron chi connectivity index (χ3n) is 4.57. The van der Waals surface area contributed by atoms with E-state index in [4.69, 9.17) is 4.74 Å². The molecule has 0 saturated heterocycles. The standard InChI is InChI=1S/C20H22N4O3S/c1-4-27-20(26)24-10-9-15-16(11-21)19(28-17(15)12-24)22-18(25)13-5-7-14(8-6-13)23(2)3/h5-8H,4,9-10,12H2,1-3H3,(H,22,25). The van der Waals surface area contributed by atoms with Crippen molar-refractivity contribution in [3.05, 3.63) is 45.8 Å². The third-order valence-corrected chi connectivity index (χ3v) is 5.70. The number of nitrogens with one attached hydrogen (secondary N) is 1. The second-order valence-electron chi connectivity index (χ2n) is 6.59. The van der Waals surface area contributed by atoms with Crippen LogP contribution in [0.5, 0.6) is 0 Å². The molecular formula is C20H22N4O3S. The number of hydrogen-bond donors (Lipinski definition) is 1. The molecule has 0 radical (unpaired) electrons. The lowest BCUT2D eigenvalue weighted by molar-refractivity contribution is 0.102. The summed E-state index contributed by atoms with van der Waals surface area (Å²) in [5.74, 6) is -0.261. The van der Waals surface area contributed by atoms with E-state index in [1.54, 1.807) is 24.0 Å². The number of ether oxygens (including phenoxy) is 1. The van der Waals surface area contributed by atoms with Crippen LogP contribution >= 0.6 is 11.3 Å². The van der Waals surface area contributed by atoms with Crippen molar-refractivity contribution in [1.29, 1.82) is 5.26 Å². The second-order valence-corrected chi connectivity index (χ2v) is 7.69. The van der Waals surface area contributed by atoms with Crippen LogP contribution in [-0.2, 0) is 17.7 Å². The number of rotatable bonds is 4. The molecular weight excluding hydrogens is 376 g/mol. The molecule has 0 fully saturated rings. The monoisotopic (exact) mass is 398 g/mol. The lowest BCUT2D eigenvalue weighted by atomic mass is 10.0. The van der Waals surface area contributed by atoms with Gasteiger partial charge in [-0.15, -0.1) is 11.3 Å². The fraction of sp³-hybridized carbons (Fsp3) is 0.350. The van der Waals surface area contributed by atoms with Gasteiger partial charge in [-0.05, 0) is 43.2 Å². The van der Waals surface area contributed by atoms with Gasteiger partial charge in [0, 0.05) is 36.8 Å². The Bertz CT molecular complexity index is 928. The average Bonchev–Trinajstić information content (AvgIpc) is 3.04. The van der Waals surface area contributed by atoms with Crippen molar-refractivity contribution >= 4 is 34.0 Å². The Morgan fingerprint density at radius 2 is 2.04 bits per heavy atom. The van der Waals surface area contributed by atoms with Crippen LogP contribution in [0.25, 0.3) is 0 Å². The molecule has 0 unspecified atom stereocenters. The smallest absolute Gasteiger partial charge is 0.410 e. The summed E-state index contributed by atoms with van der Waals surface area (Å²) in [6, 6.07) is 9.47. The van der Waals surface area contributed by atoms with Crippen LogP contribution in [0.2, 0.25) is 0 Å². The molecule has 1 aromatic heterocycles. The van der Waals surface area contributed by atoms with Crippen molar-refractivity contribution in [2.45, 2.75) is 19.9 Å². The Balaban J connectivity index is 1.79. The molecule has 1 N–H and O–H groups in total. The van der Waals surface area contributed by atoms with Gasteiger partial charge >= 0.3 is 6.09 Å². The minimum absolute atomic E-state index is 0.261. The van der Waals surface area contributed by atoms with Gasteiger partial charge < -0.3 is 19.9 Å². The minimum Gasteiger partial charge on any atom is -0.450 e. The van der Waals surface area contributed by atoms with Gasteiger partial charge in [0.25, 0.3) is 5.91 Å². The van der Waals surface area contributed by atoms with Crippen LogP contribution in [0.3, 0.4) is 0 Å². The summed E-state index contributed by atoms with van der Waals surface area (Å²) in [6.07, 6.45) is 0.215. The summed E-state index contributed by atoms with van der Waals surface area (Å²) in [4.78, 5) is 29.1. The van der Waals surface area contributed by atoms with E-state index in [1.807, 2.05) is 31.1 Å². The van der Waals surface area contributed by atoms with E-state index in [2.05, 4.69) is 11.4 Å². The Labute approximate surface area is 168 Å². The summed E-state index contributed by atoms with van der Waals surface area (Å²) in [5, 5.41) is 13.0. The molecule has 0 saturated carbocycles. The predicted octanol–water partition coefficient (Wildman–Crippen LogP) is 3.45. The van der Waals surface area contributed by atoms with E-state index in [9.17, 15) is 14.9 Å². The first-order valence-electron chi connectivity index (χ1n) is 8.99. The number of anilines is 2. The number of thiophene rings is 1. The second kappa shape index (κ2) is 8.31. The highest BCUT2D eigenvalue weighted by Gasteiger charge is 2.28. The van der Waals surface area contributed by atoms with Gasteiger partial charge in [-0.1, -0.05) is 0 Å². The average molecular weight is 398 g/mol. The molecule has 0 atom stereocenters. The predicted molar refractivity (Wildman–Crippen MR) is 109 cm³/mol. The van der Waals surface area contributed by atoms with E-state index in [-0.39, 0.29) is 12.0 Å². The van der Waals surface area contributed by atoms with Crippen molar-refractivity contribution in [1.82, 2.24) is 4.90 Å². The topological polar surface area (TPSA) is 85.7 Å². The van der Waals surface area contributed by atoms with Gasteiger partial charge in [0.2, 0.25) is 0 Å². The number of nitrogens with zero attached hydrogens (tertiary/aromatic N) is 3. The molecule has 1 aliphatic rings. The molecule has 2 heterocycles. The summed E-state index contributed by atoms with van der Waals surface area (Å²) in [7, 11) is 3.87. The van der Waals surface area contributed by atoms with Gasteiger partial charge in [0.15, 0.2) is 0 Å². The first-order chi connectivity index (χ1) is 13.4. The van der Waals surface area contributed by atoms with E-state index in [0.717, 1.165) is 16.1 Å². The van der Waals surface area contributed by atoms with Crippen LogP contribution in [0.4, 0.5) is 15.5 Å². The van der Waals surface area contributed by atoms with Gasteiger partial charge in [0.05, 0.1) is 18.7 Å². The zero-order valence-electron chi connectivity index (χ0n) is 16.1. The number of amides is 2. The Kier molecular flexibility index (Phi) is 5.85. The zero-order valence-corrected chi connectivity index (χ0v) is 16.9. The number of fused-ring (bicyclic) bond motifs is 1. The highest BCUT2D eigenvalue weighted by atomic mass is 32.1. The largest absolute Gasteiger partial charge is 0.450 e. The van der Waals surface area contributed by atoms with Crippen molar-refractivity contribution in [2.75, 3.05) is 37.5 Å². The van der Waals surface area contributed by atoms with E-state index in [1.165, 1.54) is 11.3 Å². The molecule has 0 aliphatic carbocycles. The minimum atomic E-state index is -0.355. The van der Waals surface area contributed by atoms with Crippen LogP contribution in [0, 0.1) is 11.3 Å². The third kappa shape index (κ3) is 3.94. The zero-order chi connectivity index (χ0) is 20.3. The molecule has 0 bridgehead atoms. The highest BCUT2D eigenvalue weighted by molar-refractivity contribution is 7.16. The van der Waals surface area contributed by atoms with E-state index >= 15 is 0 Å². The van der Waals surface area contributed by atoms with Gasteiger partial charge in [-0.3, -0.25) is 4.79 Å². The molecule has 2 amide bonds. The highest BCUT2D eigenvalue weighted by Crippen LogP contribution is 2.37. The molecule has 1 aromatic carbocycles. The van der Waals surface area contributed by atoms with E-state index in [0.29, 0.717) is 42.2 Å². The molecule has 0 spiro atoms. The SMILES string of the molecule is CCOC(=O)N1CCc2c(sc(NC(=O)c3ccc(N(C)C)cc3)c2C#N)C1. The summed E-state index contributed by atoms with van der Waals surface area (Å²) in [5.41, 5.74) is 2.92. The van der Waals surface area contributed by atoms with Crippen molar-refractivity contribution < 1.29 is 14.3 Å². The molecule has 7 nitrogen and oxygen atoms in total. The maximum atomic E-state index is 12.6. The fourth-order valence-corrected chi connectivity index (χ4v) is 4.28. The number of hydrogen-bond acceptors (Lipinski definition) is 6. The fourth-order valence-electron chi connectivity index (χ4n) is 3.07. The molecule has 1 aliphatic heterocycles. The Morgan fingerprint density at radius 1 is 1.32 bits per heavy atom. The normalized spacial score (nSPS) is 12.7. The van der Waals surface area contributed by atoms with Gasteiger partial charge in [-0.25, -0.2) is 4.79 Å². The first-order valence-corrected chi connectivity index (χ1v) is 9.81. The van der Waals surface area contributed by atoms with Crippen molar-refractivity contribution in [3.63, 3.8) is 0 Å². The van der Waals surface area contributed by atoms with Crippen LogP contribution in [0.15, 0.2) is 24.3 Å². The molecule has 146 valence electrons. The number of carbonyl (C=O) groups is 2. The number of carbonyl (C=O) groups excluding carboxylic acids is 2. The maximum absolute atomic E-state index is 12.6. The number of benzene rings is 1. The van der Waals surface area contributed by atoms with Gasteiger partial charge in [0.1, 0.15) is 11.1 Å². The van der Waals surface area contributed by atoms with Crippen LogP contribution < -0.4 is 10.2 Å². The van der Waals surface area contributed by atoms with Crippen LogP contribution in [0.1, 0.15) is 33.3 Å².